The summed E-state index contributed by atoms with van der Waals surface area (Å²) in [6, 6.07) is 22.8. The van der Waals surface area contributed by atoms with Crippen molar-refractivity contribution in [3.05, 3.63) is 95.4 Å². The molecule has 32 heavy (non-hydrogen) atoms. The molecule has 0 atom stereocenters. The lowest BCUT2D eigenvalue weighted by Crippen LogP contribution is -2.13. The summed E-state index contributed by atoms with van der Waals surface area (Å²) in [7, 11) is 1.55. The van der Waals surface area contributed by atoms with Crippen LogP contribution in [0.1, 0.15) is 27.4 Å². The van der Waals surface area contributed by atoms with Crippen LogP contribution >= 0.6 is 0 Å². The molecule has 0 fully saturated rings. The number of carbonyl (C=O) groups excluding carboxylic acids is 1. The van der Waals surface area contributed by atoms with E-state index in [4.69, 9.17) is 14.0 Å². The van der Waals surface area contributed by atoms with Crippen molar-refractivity contribution in [3.8, 4) is 22.6 Å². The molecule has 162 valence electrons. The van der Waals surface area contributed by atoms with Gasteiger partial charge in [-0.15, -0.1) is 0 Å². The van der Waals surface area contributed by atoms with Gasteiger partial charge in [0.1, 0.15) is 12.4 Å². The minimum absolute atomic E-state index is 0.232. The number of methoxy groups -OCH3 is 1. The maximum atomic E-state index is 13.0. The zero-order valence-electron chi connectivity index (χ0n) is 18.2. The molecule has 3 aromatic carbocycles. The largest absolute Gasteiger partial charge is 0.493 e. The number of hydrogen-bond donors (Lipinski definition) is 1. The van der Waals surface area contributed by atoms with Crippen molar-refractivity contribution in [3.63, 3.8) is 0 Å². The van der Waals surface area contributed by atoms with Crippen molar-refractivity contribution in [1.82, 2.24) is 5.16 Å². The van der Waals surface area contributed by atoms with Gasteiger partial charge in [0.25, 0.3) is 5.91 Å². The van der Waals surface area contributed by atoms with E-state index in [0.717, 1.165) is 33.8 Å². The van der Waals surface area contributed by atoms with Crippen LogP contribution in [0.25, 0.3) is 11.1 Å². The van der Waals surface area contributed by atoms with Crippen molar-refractivity contribution < 1.29 is 18.8 Å². The normalized spacial score (nSPS) is 10.6. The number of amides is 1. The predicted octanol–water partition coefficient (Wildman–Crippen LogP) is 5.80. The highest BCUT2D eigenvalue weighted by molar-refractivity contribution is 6.06. The number of aromatic nitrogens is 1. The average Bonchev–Trinajstić information content (AvgIpc) is 3.15. The summed E-state index contributed by atoms with van der Waals surface area (Å²) in [6.07, 6.45) is 0. The first-order valence-electron chi connectivity index (χ1n) is 10.2. The highest BCUT2D eigenvalue weighted by Crippen LogP contribution is 2.31. The third-order valence-corrected chi connectivity index (χ3v) is 5.24. The number of aryl methyl sites for hydroxylation is 2. The highest BCUT2D eigenvalue weighted by Gasteiger charge is 2.15. The quantitative estimate of drug-likeness (QED) is 0.403. The molecular formula is C26H24N2O4. The van der Waals surface area contributed by atoms with Crippen LogP contribution in [0.15, 0.2) is 77.3 Å². The third kappa shape index (κ3) is 4.49. The fourth-order valence-electron chi connectivity index (χ4n) is 3.44. The van der Waals surface area contributed by atoms with Gasteiger partial charge in [-0.25, -0.2) is 0 Å². The smallest absolute Gasteiger partial charge is 0.255 e. The predicted molar refractivity (Wildman–Crippen MR) is 123 cm³/mol. The topological polar surface area (TPSA) is 73.6 Å². The zero-order valence-corrected chi connectivity index (χ0v) is 18.2. The average molecular weight is 428 g/mol. The Hall–Kier alpha value is -4.06. The lowest BCUT2D eigenvalue weighted by molar-refractivity contribution is 0.102. The zero-order chi connectivity index (χ0) is 22.5. The molecule has 4 aromatic rings. The number of benzene rings is 3. The number of carbonyl (C=O) groups is 1. The van der Waals surface area contributed by atoms with Crippen LogP contribution in [0.2, 0.25) is 0 Å². The second-order valence-electron chi connectivity index (χ2n) is 7.32. The van der Waals surface area contributed by atoms with Crippen LogP contribution in [0.3, 0.4) is 0 Å². The number of nitrogens with one attached hydrogen (secondary N) is 1. The maximum Gasteiger partial charge on any atom is 0.255 e. The van der Waals surface area contributed by atoms with E-state index in [2.05, 4.69) is 10.5 Å². The first-order valence-corrected chi connectivity index (χ1v) is 10.2. The second kappa shape index (κ2) is 9.39. The van der Waals surface area contributed by atoms with E-state index >= 15 is 0 Å². The molecule has 0 radical (unpaired) electrons. The molecule has 0 unspecified atom stereocenters. The summed E-state index contributed by atoms with van der Waals surface area (Å²) >= 11 is 0. The Bertz CT molecular complexity index is 1210. The first kappa shape index (κ1) is 21.2. The third-order valence-electron chi connectivity index (χ3n) is 5.24. The first-order chi connectivity index (χ1) is 15.6. The fourth-order valence-corrected chi connectivity index (χ4v) is 3.44. The molecule has 6 heteroatoms. The highest BCUT2D eigenvalue weighted by atomic mass is 16.5. The summed E-state index contributed by atoms with van der Waals surface area (Å²) in [5.74, 6) is 1.49. The summed E-state index contributed by atoms with van der Waals surface area (Å²) in [4.78, 5) is 13.0. The van der Waals surface area contributed by atoms with Gasteiger partial charge < -0.3 is 19.3 Å². The Balaban J connectivity index is 1.53. The number of anilines is 1. The number of ether oxygens (including phenoxy) is 2. The van der Waals surface area contributed by atoms with Crippen molar-refractivity contribution >= 4 is 11.6 Å². The van der Waals surface area contributed by atoms with Gasteiger partial charge in [0.05, 0.1) is 18.4 Å². The van der Waals surface area contributed by atoms with Gasteiger partial charge in [0.2, 0.25) is 0 Å². The molecule has 4 rings (SSSR count). The van der Waals surface area contributed by atoms with E-state index in [9.17, 15) is 4.79 Å². The molecule has 1 N–H and O–H groups in total. The van der Waals surface area contributed by atoms with Gasteiger partial charge in [0.15, 0.2) is 11.5 Å². The molecule has 0 saturated carbocycles. The monoisotopic (exact) mass is 428 g/mol. The molecule has 0 bridgehead atoms. The van der Waals surface area contributed by atoms with Crippen LogP contribution in [-0.4, -0.2) is 18.2 Å². The molecular weight excluding hydrogens is 404 g/mol. The van der Waals surface area contributed by atoms with Gasteiger partial charge in [-0.05, 0) is 43.7 Å². The molecule has 0 spiro atoms. The van der Waals surface area contributed by atoms with Crippen LogP contribution in [-0.2, 0) is 6.61 Å². The van der Waals surface area contributed by atoms with Crippen LogP contribution < -0.4 is 14.8 Å². The fraction of sp³-hybridized carbons (Fsp3) is 0.154. The van der Waals surface area contributed by atoms with Gasteiger partial charge in [0, 0.05) is 16.8 Å². The molecule has 0 aliphatic rings. The molecule has 6 nitrogen and oxygen atoms in total. The summed E-state index contributed by atoms with van der Waals surface area (Å²) in [5.41, 5.74) is 4.87. The lowest BCUT2D eigenvalue weighted by Gasteiger charge is -2.14. The van der Waals surface area contributed by atoms with Gasteiger partial charge >= 0.3 is 0 Å². The van der Waals surface area contributed by atoms with Crippen LogP contribution in [0.4, 0.5) is 5.69 Å². The van der Waals surface area contributed by atoms with Crippen molar-refractivity contribution in [2.75, 3.05) is 12.4 Å². The number of nitrogens with zero attached hydrogens (tertiary/aromatic N) is 1. The van der Waals surface area contributed by atoms with Crippen LogP contribution in [0.5, 0.6) is 11.5 Å². The van der Waals surface area contributed by atoms with Gasteiger partial charge in [-0.3, -0.25) is 4.79 Å². The Kier molecular flexibility index (Phi) is 6.22. The number of rotatable bonds is 7. The molecule has 0 aliphatic heterocycles. The summed E-state index contributed by atoms with van der Waals surface area (Å²) in [5, 5.41) is 6.95. The SMILES string of the molecule is COc1cc(C(=O)Nc2ccccc2-c2ccccc2)ccc1OCc1c(C)noc1C. The number of hydrogen-bond acceptors (Lipinski definition) is 5. The van der Waals surface area contributed by atoms with Crippen molar-refractivity contribution in [1.29, 1.82) is 0 Å². The molecule has 0 aliphatic carbocycles. The standard InChI is InChI=1S/C26H24N2O4/c1-17-22(18(2)32-28-17)16-31-24-14-13-20(15-25(24)30-3)26(29)27-23-12-8-7-11-21(23)19-9-5-4-6-10-19/h4-15H,16H2,1-3H3,(H,27,29). The Morgan fingerprint density at radius 1 is 0.969 bits per heavy atom. The minimum atomic E-state index is -0.232. The van der Waals surface area contributed by atoms with E-state index in [0.29, 0.717) is 23.7 Å². The minimum Gasteiger partial charge on any atom is -0.493 e. The summed E-state index contributed by atoms with van der Waals surface area (Å²) in [6.45, 7) is 4.01. The van der Waals surface area contributed by atoms with E-state index in [1.54, 1.807) is 25.3 Å². The maximum absolute atomic E-state index is 13.0. The Morgan fingerprint density at radius 2 is 1.72 bits per heavy atom. The summed E-state index contributed by atoms with van der Waals surface area (Å²) < 4.78 is 16.5. The van der Waals surface area contributed by atoms with Gasteiger partial charge in [-0.1, -0.05) is 53.7 Å². The van der Waals surface area contributed by atoms with Crippen LogP contribution in [0, 0.1) is 13.8 Å². The molecule has 1 aromatic heterocycles. The lowest BCUT2D eigenvalue weighted by atomic mass is 10.0. The second-order valence-corrected chi connectivity index (χ2v) is 7.32. The molecule has 1 heterocycles. The van der Waals surface area contributed by atoms with E-state index in [1.807, 2.05) is 68.4 Å². The van der Waals surface area contributed by atoms with E-state index < -0.39 is 0 Å². The number of para-hydroxylation sites is 1. The molecule has 0 saturated heterocycles. The Labute approximate surface area is 186 Å². The van der Waals surface area contributed by atoms with E-state index in [-0.39, 0.29) is 5.91 Å². The van der Waals surface area contributed by atoms with Crippen molar-refractivity contribution in [2.24, 2.45) is 0 Å². The van der Waals surface area contributed by atoms with Crippen molar-refractivity contribution in [2.45, 2.75) is 20.5 Å². The Morgan fingerprint density at radius 3 is 2.44 bits per heavy atom. The van der Waals surface area contributed by atoms with E-state index in [1.165, 1.54) is 0 Å². The van der Waals surface area contributed by atoms with Gasteiger partial charge in [-0.2, -0.15) is 0 Å². The molecule has 1 amide bonds.